The summed E-state index contributed by atoms with van der Waals surface area (Å²) in [7, 11) is 3.63. The number of anilines is 1. The predicted molar refractivity (Wildman–Crippen MR) is 90.4 cm³/mol. The molecule has 2 aromatic rings. The lowest BCUT2D eigenvalue weighted by molar-refractivity contribution is 0.684. The lowest BCUT2D eigenvalue weighted by Crippen LogP contribution is -2.33. The quantitative estimate of drug-likeness (QED) is 0.734. The van der Waals surface area contributed by atoms with Gasteiger partial charge in [-0.3, -0.25) is 14.0 Å². The number of aryl methyl sites for hydroxylation is 1. The van der Waals surface area contributed by atoms with Crippen molar-refractivity contribution in [2.45, 2.75) is 33.1 Å². The highest BCUT2D eigenvalue weighted by Gasteiger charge is 2.19. The fraction of sp³-hybridized carbons (Fsp3) is 0.562. The van der Waals surface area contributed by atoms with Crippen LogP contribution in [0.3, 0.4) is 0 Å². The van der Waals surface area contributed by atoms with Gasteiger partial charge in [0.15, 0.2) is 5.65 Å². The van der Waals surface area contributed by atoms with Crippen LogP contribution in [0.5, 0.6) is 0 Å². The van der Waals surface area contributed by atoms with Crippen LogP contribution in [0, 0.1) is 0 Å². The van der Waals surface area contributed by atoms with Crippen LogP contribution in [0.2, 0.25) is 0 Å². The average molecular weight is 303 g/mol. The Morgan fingerprint density at radius 2 is 1.86 bits per heavy atom. The molecule has 0 unspecified atom stereocenters. The fourth-order valence-electron chi connectivity index (χ4n) is 2.77. The normalized spacial score (nSPS) is 11.1. The van der Waals surface area contributed by atoms with Crippen molar-refractivity contribution in [3.63, 3.8) is 0 Å². The Hall–Kier alpha value is -2.11. The maximum Gasteiger partial charge on any atom is 0.266 e. The Labute approximate surface area is 131 Å². The van der Waals surface area contributed by atoms with Gasteiger partial charge in [-0.25, -0.2) is 0 Å². The molecule has 120 valence electrons. The summed E-state index contributed by atoms with van der Waals surface area (Å²) >= 11 is 0. The molecule has 0 saturated heterocycles. The number of fused-ring (bicyclic) bond motifs is 1. The van der Waals surface area contributed by atoms with E-state index in [1.54, 1.807) is 22.4 Å². The van der Waals surface area contributed by atoms with Gasteiger partial charge in [-0.2, -0.15) is 10.1 Å². The van der Waals surface area contributed by atoms with Gasteiger partial charge in [0.25, 0.3) is 5.56 Å². The van der Waals surface area contributed by atoms with Crippen molar-refractivity contribution >= 4 is 17.0 Å². The monoisotopic (exact) mass is 303 g/mol. The molecule has 0 saturated carbocycles. The highest BCUT2D eigenvalue weighted by atomic mass is 16.1. The smallest absolute Gasteiger partial charge is 0.266 e. The summed E-state index contributed by atoms with van der Waals surface area (Å²) in [5, 5.41) is 5.01. The molecule has 0 atom stereocenters. The number of rotatable bonds is 7. The summed E-state index contributed by atoms with van der Waals surface area (Å²) in [6.07, 6.45) is 4.41. The van der Waals surface area contributed by atoms with Gasteiger partial charge in [-0.05, 0) is 12.8 Å². The lowest BCUT2D eigenvalue weighted by Gasteiger charge is -2.24. The molecule has 2 rings (SSSR count). The number of aromatic nitrogens is 4. The molecular weight excluding hydrogens is 278 g/mol. The van der Waals surface area contributed by atoms with E-state index in [1.165, 1.54) is 0 Å². The molecule has 22 heavy (non-hydrogen) atoms. The first-order valence-corrected chi connectivity index (χ1v) is 7.83. The van der Waals surface area contributed by atoms with E-state index in [4.69, 9.17) is 0 Å². The largest absolute Gasteiger partial charge is 0.342 e. The molecule has 6 heteroatoms. The van der Waals surface area contributed by atoms with Crippen molar-refractivity contribution in [3.8, 4) is 0 Å². The second-order valence-electron chi connectivity index (χ2n) is 5.52. The van der Waals surface area contributed by atoms with Crippen molar-refractivity contribution in [2.24, 2.45) is 14.1 Å². The molecule has 0 aliphatic carbocycles. The molecule has 0 spiro atoms. The van der Waals surface area contributed by atoms with Gasteiger partial charge in [0.05, 0.1) is 5.69 Å². The maximum atomic E-state index is 12.8. The molecule has 0 fully saturated rings. The van der Waals surface area contributed by atoms with Gasteiger partial charge in [0.2, 0.25) is 5.95 Å². The Morgan fingerprint density at radius 3 is 2.41 bits per heavy atom. The number of hydrogen-bond donors (Lipinski definition) is 0. The van der Waals surface area contributed by atoms with E-state index in [-0.39, 0.29) is 5.56 Å². The molecule has 6 nitrogen and oxygen atoms in total. The zero-order chi connectivity index (χ0) is 16.3. The number of nitrogens with zero attached hydrogens (tertiary/aromatic N) is 5. The van der Waals surface area contributed by atoms with Crippen LogP contribution < -0.4 is 10.5 Å². The molecule has 0 bridgehead atoms. The zero-order valence-corrected chi connectivity index (χ0v) is 14.0. The first kappa shape index (κ1) is 16.3. The van der Waals surface area contributed by atoms with E-state index in [0.29, 0.717) is 23.4 Å². The van der Waals surface area contributed by atoms with Crippen molar-refractivity contribution < 1.29 is 0 Å². The number of hydrogen-bond acceptors (Lipinski definition) is 4. The third-order valence-corrected chi connectivity index (χ3v) is 3.78. The van der Waals surface area contributed by atoms with Crippen LogP contribution in [0.1, 0.15) is 32.4 Å². The molecule has 0 aliphatic rings. The Morgan fingerprint density at radius 1 is 1.23 bits per heavy atom. The van der Waals surface area contributed by atoms with E-state index in [2.05, 4.69) is 35.4 Å². The SMILES string of the molecule is C=CCc1c2c(=O)n(C)c(N(CCC)CCC)nc2nn1C. The third-order valence-electron chi connectivity index (χ3n) is 3.78. The summed E-state index contributed by atoms with van der Waals surface area (Å²) in [4.78, 5) is 19.6. The molecule has 0 radical (unpaired) electrons. The van der Waals surface area contributed by atoms with Crippen molar-refractivity contribution in [2.75, 3.05) is 18.0 Å². The molecule has 2 heterocycles. The topological polar surface area (TPSA) is 56.0 Å². The Bertz CT molecular complexity index is 722. The van der Waals surface area contributed by atoms with Crippen molar-refractivity contribution in [3.05, 3.63) is 28.7 Å². The van der Waals surface area contributed by atoms with E-state index >= 15 is 0 Å². The first-order chi connectivity index (χ1) is 10.5. The molecule has 0 N–H and O–H groups in total. The van der Waals surface area contributed by atoms with Gasteiger partial charge in [0.1, 0.15) is 5.39 Å². The highest BCUT2D eigenvalue weighted by Crippen LogP contribution is 2.17. The van der Waals surface area contributed by atoms with Crippen LogP contribution >= 0.6 is 0 Å². The summed E-state index contributed by atoms with van der Waals surface area (Å²) in [6.45, 7) is 9.77. The van der Waals surface area contributed by atoms with Crippen molar-refractivity contribution in [1.29, 1.82) is 0 Å². The van der Waals surface area contributed by atoms with Crippen LogP contribution in [0.4, 0.5) is 5.95 Å². The van der Waals surface area contributed by atoms with Gasteiger partial charge >= 0.3 is 0 Å². The Kier molecular flexibility index (Phi) is 5.00. The predicted octanol–water partition coefficient (Wildman–Crippen LogP) is 2.02. The minimum absolute atomic E-state index is 0.0397. The maximum absolute atomic E-state index is 12.8. The van der Waals surface area contributed by atoms with E-state index in [9.17, 15) is 4.79 Å². The molecule has 0 amide bonds. The van der Waals surface area contributed by atoms with E-state index < -0.39 is 0 Å². The summed E-state index contributed by atoms with van der Waals surface area (Å²) in [5.74, 6) is 0.699. The van der Waals surface area contributed by atoms with Gasteiger partial charge < -0.3 is 4.90 Å². The molecule has 0 aromatic carbocycles. The second-order valence-corrected chi connectivity index (χ2v) is 5.52. The van der Waals surface area contributed by atoms with Gasteiger partial charge in [-0.1, -0.05) is 19.9 Å². The minimum Gasteiger partial charge on any atom is -0.342 e. The average Bonchev–Trinajstić information content (AvgIpc) is 2.79. The van der Waals surface area contributed by atoms with Crippen LogP contribution in [0.25, 0.3) is 11.0 Å². The van der Waals surface area contributed by atoms with E-state index in [0.717, 1.165) is 31.6 Å². The highest BCUT2D eigenvalue weighted by molar-refractivity contribution is 5.78. The fourth-order valence-corrected chi connectivity index (χ4v) is 2.77. The molecular formula is C16H25N5O. The van der Waals surface area contributed by atoms with Gasteiger partial charge in [0, 0.05) is 33.6 Å². The van der Waals surface area contributed by atoms with Crippen molar-refractivity contribution in [1.82, 2.24) is 19.3 Å². The Balaban J connectivity index is 2.66. The van der Waals surface area contributed by atoms with Crippen LogP contribution in [0.15, 0.2) is 17.4 Å². The third kappa shape index (κ3) is 2.77. The second kappa shape index (κ2) is 6.77. The first-order valence-electron chi connectivity index (χ1n) is 7.83. The number of allylic oxidation sites excluding steroid dienone is 1. The summed E-state index contributed by atoms with van der Waals surface area (Å²) in [5.41, 5.74) is 1.35. The standard InChI is InChI=1S/C16H25N5O/c1-6-9-12-13-14(18-20(12)5)17-16(19(4)15(13)22)21(10-7-2)11-8-3/h6H,1,7-11H2,2-5H3. The lowest BCUT2D eigenvalue weighted by atomic mass is 10.2. The summed E-state index contributed by atoms with van der Waals surface area (Å²) < 4.78 is 3.37. The van der Waals surface area contributed by atoms with Crippen LogP contribution in [-0.2, 0) is 20.5 Å². The molecule has 2 aromatic heterocycles. The molecule has 0 aliphatic heterocycles. The van der Waals surface area contributed by atoms with Crippen LogP contribution in [-0.4, -0.2) is 32.4 Å². The summed E-state index contributed by atoms with van der Waals surface area (Å²) in [6, 6.07) is 0. The minimum atomic E-state index is -0.0397. The zero-order valence-electron chi connectivity index (χ0n) is 14.0. The van der Waals surface area contributed by atoms with E-state index in [1.807, 2.05) is 7.05 Å². The van der Waals surface area contributed by atoms with Gasteiger partial charge in [-0.15, -0.1) is 6.58 Å².